The van der Waals surface area contributed by atoms with Crippen LogP contribution in [0.1, 0.15) is 15.2 Å². The zero-order valence-corrected chi connectivity index (χ0v) is 13.9. The Labute approximate surface area is 143 Å². The van der Waals surface area contributed by atoms with Crippen LogP contribution < -0.4 is 10.1 Å². The Morgan fingerprint density at radius 2 is 2.22 bits per heavy atom. The summed E-state index contributed by atoms with van der Waals surface area (Å²) in [4.78, 5) is 16.9. The first-order chi connectivity index (χ1) is 11.1. The lowest BCUT2D eigenvalue weighted by Gasteiger charge is -2.05. The standard InChI is InChI=1S/C17H15ClN2O2S/c1-3-6-12(4-2)22-15-9-8-13(23-15)11-20-17(21)14-7-5-10-19-16(14)18/h3-10H,1-2,11H2,(H,20,21)/b12-6+. The van der Waals surface area contributed by atoms with Gasteiger partial charge in [-0.1, -0.05) is 30.8 Å². The third-order valence-electron chi connectivity index (χ3n) is 2.77. The van der Waals surface area contributed by atoms with Crippen molar-refractivity contribution in [1.29, 1.82) is 0 Å². The molecule has 0 saturated heterocycles. The van der Waals surface area contributed by atoms with Gasteiger partial charge < -0.3 is 10.1 Å². The Balaban J connectivity index is 1.96. The van der Waals surface area contributed by atoms with Gasteiger partial charge in [0.05, 0.1) is 12.1 Å². The van der Waals surface area contributed by atoms with E-state index in [2.05, 4.69) is 23.5 Å². The number of hydrogen-bond acceptors (Lipinski definition) is 4. The smallest absolute Gasteiger partial charge is 0.254 e. The second-order valence-corrected chi connectivity index (χ2v) is 5.85. The summed E-state index contributed by atoms with van der Waals surface area (Å²) in [5.74, 6) is 0.344. The van der Waals surface area contributed by atoms with Crippen molar-refractivity contribution in [2.45, 2.75) is 6.54 Å². The number of ether oxygens (including phenoxy) is 1. The van der Waals surface area contributed by atoms with Crippen molar-refractivity contribution < 1.29 is 9.53 Å². The molecular weight excluding hydrogens is 332 g/mol. The van der Waals surface area contributed by atoms with E-state index in [1.54, 1.807) is 30.4 Å². The van der Waals surface area contributed by atoms with Crippen LogP contribution in [-0.4, -0.2) is 10.9 Å². The molecule has 23 heavy (non-hydrogen) atoms. The number of amides is 1. The predicted molar refractivity (Wildman–Crippen MR) is 93.8 cm³/mol. The van der Waals surface area contributed by atoms with Crippen LogP contribution in [0.3, 0.4) is 0 Å². The topological polar surface area (TPSA) is 51.2 Å². The number of pyridine rings is 1. The molecule has 2 rings (SSSR count). The number of halogens is 1. The average Bonchev–Trinajstić information content (AvgIpc) is 3.00. The number of thiophene rings is 1. The number of hydrogen-bond donors (Lipinski definition) is 1. The first-order valence-electron chi connectivity index (χ1n) is 6.74. The summed E-state index contributed by atoms with van der Waals surface area (Å²) in [7, 11) is 0. The number of rotatable bonds is 7. The summed E-state index contributed by atoms with van der Waals surface area (Å²) < 4.78 is 5.64. The van der Waals surface area contributed by atoms with Gasteiger partial charge in [-0.15, -0.1) is 11.3 Å². The van der Waals surface area contributed by atoms with Crippen LogP contribution >= 0.6 is 22.9 Å². The lowest BCUT2D eigenvalue weighted by molar-refractivity contribution is 0.0951. The summed E-state index contributed by atoms with van der Waals surface area (Å²) in [5, 5.41) is 3.70. The Kier molecular flexibility index (Phi) is 6.14. The van der Waals surface area contributed by atoms with Gasteiger partial charge in [0.25, 0.3) is 5.91 Å². The lowest BCUT2D eigenvalue weighted by atomic mass is 10.2. The van der Waals surface area contributed by atoms with E-state index >= 15 is 0 Å². The number of nitrogens with one attached hydrogen (secondary N) is 1. The molecule has 0 atom stereocenters. The normalized spacial score (nSPS) is 10.9. The third kappa shape index (κ3) is 4.81. The molecule has 0 aliphatic heterocycles. The summed E-state index contributed by atoms with van der Waals surface area (Å²) in [6.07, 6.45) is 6.49. The minimum atomic E-state index is -0.266. The molecule has 1 N–H and O–H groups in total. The summed E-state index contributed by atoms with van der Waals surface area (Å²) >= 11 is 7.33. The highest BCUT2D eigenvalue weighted by atomic mass is 35.5. The number of aromatic nitrogens is 1. The van der Waals surface area contributed by atoms with E-state index in [1.165, 1.54) is 17.5 Å². The molecule has 0 aromatic carbocycles. The van der Waals surface area contributed by atoms with Crippen molar-refractivity contribution in [1.82, 2.24) is 10.3 Å². The molecule has 0 bridgehead atoms. The molecule has 2 aromatic rings. The maximum atomic E-state index is 12.1. The van der Waals surface area contributed by atoms with Gasteiger partial charge in [-0.25, -0.2) is 4.98 Å². The molecule has 4 nitrogen and oxygen atoms in total. The second kappa shape index (κ2) is 8.31. The van der Waals surface area contributed by atoms with Gasteiger partial charge in [-0.05, 0) is 36.4 Å². The molecule has 1 amide bonds. The van der Waals surface area contributed by atoms with E-state index in [4.69, 9.17) is 16.3 Å². The van der Waals surface area contributed by atoms with Gasteiger partial charge in [0, 0.05) is 11.1 Å². The van der Waals surface area contributed by atoms with E-state index < -0.39 is 0 Å². The fraction of sp³-hybridized carbons (Fsp3) is 0.0588. The predicted octanol–water partition coefficient (Wildman–Crippen LogP) is 4.36. The monoisotopic (exact) mass is 346 g/mol. The van der Waals surface area contributed by atoms with Gasteiger partial charge in [0.2, 0.25) is 0 Å². The van der Waals surface area contributed by atoms with Crippen LogP contribution in [0.25, 0.3) is 0 Å². The number of nitrogens with zero attached hydrogens (tertiary/aromatic N) is 1. The molecule has 0 aliphatic carbocycles. The molecule has 0 aliphatic rings. The van der Waals surface area contributed by atoms with Crippen molar-refractivity contribution in [3.8, 4) is 5.06 Å². The van der Waals surface area contributed by atoms with Crippen LogP contribution in [0, 0.1) is 0 Å². The zero-order chi connectivity index (χ0) is 16.7. The van der Waals surface area contributed by atoms with Crippen LogP contribution in [0.2, 0.25) is 5.15 Å². The second-order valence-electron chi connectivity index (χ2n) is 4.36. The first-order valence-corrected chi connectivity index (χ1v) is 7.94. The number of allylic oxidation sites excluding steroid dienone is 3. The van der Waals surface area contributed by atoms with Gasteiger partial charge in [-0.2, -0.15) is 0 Å². The van der Waals surface area contributed by atoms with Crippen molar-refractivity contribution in [2.75, 3.05) is 0 Å². The van der Waals surface area contributed by atoms with Gasteiger partial charge in [0.15, 0.2) is 5.06 Å². The zero-order valence-electron chi connectivity index (χ0n) is 12.3. The van der Waals surface area contributed by atoms with Gasteiger partial charge in [-0.3, -0.25) is 4.79 Å². The van der Waals surface area contributed by atoms with Gasteiger partial charge in [0.1, 0.15) is 10.9 Å². The largest absolute Gasteiger partial charge is 0.447 e. The number of carbonyl (C=O) groups excluding carboxylic acids is 1. The highest BCUT2D eigenvalue weighted by molar-refractivity contribution is 7.13. The lowest BCUT2D eigenvalue weighted by Crippen LogP contribution is -2.22. The van der Waals surface area contributed by atoms with Crippen molar-refractivity contribution in [3.63, 3.8) is 0 Å². The van der Waals surface area contributed by atoms with Crippen molar-refractivity contribution >= 4 is 28.8 Å². The molecule has 0 spiro atoms. The van der Waals surface area contributed by atoms with E-state index in [-0.39, 0.29) is 11.1 Å². The Morgan fingerprint density at radius 3 is 2.91 bits per heavy atom. The molecule has 118 valence electrons. The molecule has 0 unspecified atom stereocenters. The van der Waals surface area contributed by atoms with E-state index in [1.807, 2.05) is 12.1 Å². The van der Waals surface area contributed by atoms with Crippen LogP contribution in [0.5, 0.6) is 5.06 Å². The fourth-order valence-corrected chi connectivity index (χ4v) is 2.72. The molecule has 0 saturated carbocycles. The van der Waals surface area contributed by atoms with E-state index in [0.717, 1.165) is 4.88 Å². The highest BCUT2D eigenvalue weighted by Gasteiger charge is 2.11. The fourth-order valence-electron chi connectivity index (χ4n) is 1.70. The van der Waals surface area contributed by atoms with Crippen molar-refractivity contribution in [3.05, 3.63) is 83.2 Å². The summed E-state index contributed by atoms with van der Waals surface area (Å²) in [6, 6.07) is 7.02. The van der Waals surface area contributed by atoms with Crippen LogP contribution in [0.15, 0.2) is 67.6 Å². The molecule has 2 heterocycles. The highest BCUT2D eigenvalue weighted by Crippen LogP contribution is 2.26. The maximum absolute atomic E-state index is 12.1. The minimum absolute atomic E-state index is 0.186. The summed E-state index contributed by atoms with van der Waals surface area (Å²) in [6.45, 7) is 7.67. The maximum Gasteiger partial charge on any atom is 0.254 e. The molecule has 0 radical (unpaired) electrons. The van der Waals surface area contributed by atoms with E-state index in [0.29, 0.717) is 22.9 Å². The third-order valence-corrected chi connectivity index (χ3v) is 4.03. The van der Waals surface area contributed by atoms with Crippen LogP contribution in [0.4, 0.5) is 0 Å². The Morgan fingerprint density at radius 1 is 1.39 bits per heavy atom. The van der Waals surface area contributed by atoms with Crippen LogP contribution in [-0.2, 0) is 6.54 Å². The quantitative estimate of drug-likeness (QED) is 0.460. The summed E-state index contributed by atoms with van der Waals surface area (Å²) in [5.41, 5.74) is 0.352. The first kappa shape index (κ1) is 17.0. The average molecular weight is 347 g/mol. The van der Waals surface area contributed by atoms with Gasteiger partial charge >= 0.3 is 0 Å². The van der Waals surface area contributed by atoms with Crippen molar-refractivity contribution in [2.24, 2.45) is 0 Å². The molecule has 2 aromatic heterocycles. The molecule has 6 heteroatoms. The molecule has 0 fully saturated rings. The SMILES string of the molecule is C=C/C=C(\C=C)Oc1ccc(CNC(=O)c2cccnc2Cl)s1. The number of carbonyl (C=O) groups is 1. The molecular formula is C17H15ClN2O2S. The Bertz CT molecular complexity index is 753. The van der Waals surface area contributed by atoms with E-state index in [9.17, 15) is 4.79 Å². The minimum Gasteiger partial charge on any atom is -0.447 e. The Hall–Kier alpha value is -2.37.